The van der Waals surface area contributed by atoms with Gasteiger partial charge in [-0.15, -0.1) is 0 Å². The van der Waals surface area contributed by atoms with Crippen LogP contribution in [0.4, 0.5) is 0 Å². The molecule has 0 aliphatic heterocycles. The lowest BCUT2D eigenvalue weighted by atomic mass is 10.0. The van der Waals surface area contributed by atoms with Crippen molar-refractivity contribution in [3.05, 3.63) is 0 Å². The van der Waals surface area contributed by atoms with Gasteiger partial charge in [0.05, 0.1) is 0 Å². The number of hydrogen-bond donors (Lipinski definition) is 0. The molecule has 2 heteroatoms. The van der Waals surface area contributed by atoms with Gasteiger partial charge < -0.3 is 4.90 Å². The summed E-state index contributed by atoms with van der Waals surface area (Å²) < 4.78 is 0. The summed E-state index contributed by atoms with van der Waals surface area (Å²) in [5, 5.41) is 0. The maximum absolute atomic E-state index is 10.8. The first kappa shape index (κ1) is 11.5. The molecule has 0 saturated carbocycles. The Bertz CT molecular complexity index is 134. The Morgan fingerprint density at radius 3 is 2.50 bits per heavy atom. The fraction of sp³-hybridized carbons (Fsp3) is 0.900. The third-order valence-electron chi connectivity index (χ3n) is 2.42. The van der Waals surface area contributed by atoms with E-state index in [1.165, 1.54) is 12.8 Å². The van der Waals surface area contributed by atoms with Gasteiger partial charge in [-0.05, 0) is 18.8 Å². The average molecular weight is 171 g/mol. The summed E-state index contributed by atoms with van der Waals surface area (Å²) in [6, 6.07) is 0. The van der Waals surface area contributed by atoms with E-state index in [4.69, 9.17) is 0 Å². The average Bonchev–Trinajstić information content (AvgIpc) is 2.03. The third-order valence-corrected chi connectivity index (χ3v) is 2.42. The van der Waals surface area contributed by atoms with E-state index < -0.39 is 0 Å². The molecule has 1 amide bonds. The van der Waals surface area contributed by atoms with Crippen LogP contribution in [0.2, 0.25) is 0 Å². The van der Waals surface area contributed by atoms with Gasteiger partial charge in [-0.1, -0.05) is 20.3 Å². The van der Waals surface area contributed by atoms with Gasteiger partial charge in [0.15, 0.2) is 0 Å². The highest BCUT2D eigenvalue weighted by molar-refractivity contribution is 5.72. The zero-order valence-corrected chi connectivity index (χ0v) is 8.76. The van der Waals surface area contributed by atoms with Crippen molar-refractivity contribution < 1.29 is 4.79 Å². The molecular formula is C10H21NO. The number of nitrogens with zero attached hydrogens (tertiary/aromatic N) is 1. The molecule has 0 spiro atoms. The molecule has 0 rings (SSSR count). The molecule has 1 atom stereocenters. The predicted molar refractivity (Wildman–Crippen MR) is 52.0 cm³/mol. The molecule has 0 aromatic carbocycles. The third kappa shape index (κ3) is 5.16. The summed E-state index contributed by atoms with van der Waals surface area (Å²) in [5.41, 5.74) is 0. The van der Waals surface area contributed by atoms with Crippen molar-refractivity contribution in [3.63, 3.8) is 0 Å². The minimum atomic E-state index is 0.166. The summed E-state index contributed by atoms with van der Waals surface area (Å²) in [7, 11) is 1.86. The smallest absolute Gasteiger partial charge is 0.219 e. The van der Waals surface area contributed by atoms with Gasteiger partial charge in [-0.3, -0.25) is 4.79 Å². The van der Waals surface area contributed by atoms with Crippen molar-refractivity contribution in [3.8, 4) is 0 Å². The molecular weight excluding hydrogens is 150 g/mol. The highest BCUT2D eigenvalue weighted by Crippen LogP contribution is 2.09. The molecule has 0 bridgehead atoms. The Balaban J connectivity index is 3.37. The molecule has 0 aliphatic rings. The van der Waals surface area contributed by atoms with Crippen LogP contribution in [-0.2, 0) is 4.79 Å². The summed E-state index contributed by atoms with van der Waals surface area (Å²) in [4.78, 5) is 12.6. The summed E-state index contributed by atoms with van der Waals surface area (Å²) >= 11 is 0. The second kappa shape index (κ2) is 6.04. The van der Waals surface area contributed by atoms with Crippen molar-refractivity contribution >= 4 is 5.91 Å². The Morgan fingerprint density at radius 1 is 1.50 bits per heavy atom. The van der Waals surface area contributed by atoms with Crippen molar-refractivity contribution in [1.29, 1.82) is 0 Å². The second-order valence-electron chi connectivity index (χ2n) is 3.60. The number of amides is 1. The van der Waals surface area contributed by atoms with E-state index in [1.807, 2.05) is 7.05 Å². The first-order valence-electron chi connectivity index (χ1n) is 4.79. The summed E-state index contributed by atoms with van der Waals surface area (Å²) in [6.07, 6.45) is 3.60. The maximum Gasteiger partial charge on any atom is 0.219 e. The fourth-order valence-corrected chi connectivity index (χ4v) is 1.04. The van der Waals surface area contributed by atoms with Crippen LogP contribution < -0.4 is 0 Å². The molecule has 0 unspecified atom stereocenters. The van der Waals surface area contributed by atoms with Crippen molar-refractivity contribution in [1.82, 2.24) is 4.90 Å². The summed E-state index contributed by atoms with van der Waals surface area (Å²) in [5.74, 6) is 0.963. The molecule has 72 valence electrons. The highest BCUT2D eigenvalue weighted by atomic mass is 16.2. The molecule has 0 heterocycles. The van der Waals surface area contributed by atoms with Gasteiger partial charge in [0, 0.05) is 20.5 Å². The molecule has 0 fully saturated rings. The lowest BCUT2D eigenvalue weighted by molar-refractivity contribution is -0.127. The first-order chi connectivity index (χ1) is 5.57. The zero-order valence-electron chi connectivity index (χ0n) is 8.76. The Labute approximate surface area is 75.9 Å². The molecule has 2 nitrogen and oxygen atoms in total. The number of carbonyl (C=O) groups excluding carboxylic acids is 1. The second-order valence-corrected chi connectivity index (χ2v) is 3.60. The van der Waals surface area contributed by atoms with Crippen LogP contribution in [0.3, 0.4) is 0 Å². The topological polar surface area (TPSA) is 20.3 Å². The zero-order chi connectivity index (χ0) is 9.56. The maximum atomic E-state index is 10.8. The van der Waals surface area contributed by atoms with Gasteiger partial charge in [0.25, 0.3) is 0 Å². The van der Waals surface area contributed by atoms with Crippen LogP contribution in [0.15, 0.2) is 0 Å². The molecule has 0 N–H and O–H groups in total. The van der Waals surface area contributed by atoms with Crippen LogP contribution in [-0.4, -0.2) is 24.4 Å². The highest BCUT2D eigenvalue weighted by Gasteiger charge is 2.02. The normalized spacial score (nSPS) is 12.7. The van der Waals surface area contributed by atoms with E-state index in [0.717, 1.165) is 18.9 Å². The molecule has 0 radical (unpaired) electrons. The Morgan fingerprint density at radius 2 is 2.08 bits per heavy atom. The molecule has 0 aromatic rings. The van der Waals surface area contributed by atoms with Gasteiger partial charge in [0.2, 0.25) is 5.91 Å². The largest absolute Gasteiger partial charge is 0.346 e. The Kier molecular flexibility index (Phi) is 5.77. The van der Waals surface area contributed by atoms with E-state index in [2.05, 4.69) is 13.8 Å². The van der Waals surface area contributed by atoms with Gasteiger partial charge in [-0.25, -0.2) is 0 Å². The lowest BCUT2D eigenvalue weighted by Crippen LogP contribution is -2.25. The molecule has 12 heavy (non-hydrogen) atoms. The van der Waals surface area contributed by atoms with Crippen molar-refractivity contribution in [2.45, 2.75) is 40.0 Å². The number of hydrogen-bond acceptors (Lipinski definition) is 1. The first-order valence-corrected chi connectivity index (χ1v) is 4.79. The molecule has 0 aromatic heterocycles. The minimum Gasteiger partial charge on any atom is -0.346 e. The van der Waals surface area contributed by atoms with Crippen LogP contribution in [0, 0.1) is 5.92 Å². The number of carbonyl (C=O) groups is 1. The van der Waals surface area contributed by atoms with Crippen molar-refractivity contribution in [2.75, 3.05) is 13.6 Å². The van der Waals surface area contributed by atoms with Crippen LogP contribution in [0.5, 0.6) is 0 Å². The van der Waals surface area contributed by atoms with E-state index in [-0.39, 0.29) is 5.91 Å². The van der Waals surface area contributed by atoms with Crippen LogP contribution >= 0.6 is 0 Å². The van der Waals surface area contributed by atoms with E-state index >= 15 is 0 Å². The van der Waals surface area contributed by atoms with E-state index in [0.29, 0.717) is 0 Å². The monoisotopic (exact) mass is 171 g/mol. The lowest BCUT2D eigenvalue weighted by Gasteiger charge is -2.15. The number of rotatable bonds is 5. The minimum absolute atomic E-state index is 0.166. The van der Waals surface area contributed by atoms with Crippen LogP contribution in [0.25, 0.3) is 0 Å². The summed E-state index contributed by atoms with van der Waals surface area (Å²) in [6.45, 7) is 6.98. The quantitative estimate of drug-likeness (QED) is 0.621. The van der Waals surface area contributed by atoms with E-state index in [9.17, 15) is 4.79 Å². The van der Waals surface area contributed by atoms with Gasteiger partial charge in [-0.2, -0.15) is 0 Å². The van der Waals surface area contributed by atoms with E-state index in [1.54, 1.807) is 11.8 Å². The van der Waals surface area contributed by atoms with Crippen LogP contribution in [0.1, 0.15) is 40.0 Å². The van der Waals surface area contributed by atoms with Gasteiger partial charge in [0.1, 0.15) is 0 Å². The van der Waals surface area contributed by atoms with Crippen molar-refractivity contribution in [2.24, 2.45) is 5.92 Å². The molecule has 0 aliphatic carbocycles. The SMILES string of the molecule is CC[C@H](C)CCCN(C)C(C)=O. The standard InChI is InChI=1S/C10H21NO/c1-5-9(2)7-6-8-11(4)10(3)12/h9H,5-8H2,1-4H3/t9-/m0/s1. The predicted octanol–water partition coefficient (Wildman–Crippen LogP) is 2.29. The van der Waals surface area contributed by atoms with Gasteiger partial charge >= 0.3 is 0 Å². The fourth-order valence-electron chi connectivity index (χ4n) is 1.04. The Hall–Kier alpha value is -0.530. The molecule has 0 saturated heterocycles.